The number of nitrogens with zero attached hydrogens (tertiary/aromatic N) is 3. The van der Waals surface area contributed by atoms with E-state index in [0.29, 0.717) is 17.5 Å². The van der Waals surface area contributed by atoms with Gasteiger partial charge in [0, 0.05) is 48.3 Å². The number of amides is 1. The van der Waals surface area contributed by atoms with Crippen LogP contribution in [-0.4, -0.2) is 38.4 Å². The molecule has 0 radical (unpaired) electrons. The van der Waals surface area contributed by atoms with Gasteiger partial charge in [0.25, 0.3) is 5.91 Å². The molecule has 1 unspecified atom stereocenters. The van der Waals surface area contributed by atoms with Crippen molar-refractivity contribution in [3.63, 3.8) is 0 Å². The highest BCUT2D eigenvalue weighted by Crippen LogP contribution is 2.40. The van der Waals surface area contributed by atoms with Gasteiger partial charge in [0.2, 0.25) is 0 Å². The fraction of sp³-hybridized carbons (Fsp3) is 0.429. The third-order valence-electron chi connectivity index (χ3n) is 5.80. The van der Waals surface area contributed by atoms with Crippen molar-refractivity contribution in [2.24, 2.45) is 5.92 Å². The molecule has 1 aliphatic carbocycles. The Bertz CT molecular complexity index is 932. The van der Waals surface area contributed by atoms with Gasteiger partial charge in [0.15, 0.2) is 0 Å². The molecule has 0 spiro atoms. The van der Waals surface area contributed by atoms with Crippen molar-refractivity contribution in [1.29, 1.82) is 0 Å². The summed E-state index contributed by atoms with van der Waals surface area (Å²) in [5, 5.41) is 1.09. The van der Waals surface area contributed by atoms with Gasteiger partial charge in [-0.25, -0.2) is 4.98 Å². The number of hydrogen-bond donors (Lipinski definition) is 1. The first-order chi connectivity index (χ1) is 12.7. The molecule has 1 saturated heterocycles. The summed E-state index contributed by atoms with van der Waals surface area (Å²) in [6.07, 6.45) is 5.60. The number of imidazole rings is 1. The monoisotopic (exact) mass is 348 g/mol. The number of nitrogens with one attached hydrogen (secondary N) is 1. The van der Waals surface area contributed by atoms with Crippen molar-refractivity contribution in [3.8, 4) is 0 Å². The summed E-state index contributed by atoms with van der Waals surface area (Å²) in [7, 11) is 0. The molecular formula is C21H24N4O. The average Bonchev–Trinajstić information content (AvgIpc) is 3.07. The Kier molecular flexibility index (Phi) is 3.62. The molecule has 2 fully saturated rings. The van der Waals surface area contributed by atoms with Crippen molar-refractivity contribution >= 4 is 16.8 Å². The van der Waals surface area contributed by atoms with E-state index < -0.39 is 0 Å². The summed E-state index contributed by atoms with van der Waals surface area (Å²) < 4.78 is 2.39. The first-order valence-electron chi connectivity index (χ1n) is 9.58. The zero-order valence-corrected chi connectivity index (χ0v) is 15.1. The highest BCUT2D eigenvalue weighted by atomic mass is 16.2. The molecule has 1 amide bonds. The Morgan fingerprint density at radius 2 is 2.12 bits per heavy atom. The lowest BCUT2D eigenvalue weighted by Gasteiger charge is -2.17. The number of fused-ring (bicyclic) bond motifs is 1. The Hall–Kier alpha value is -2.56. The smallest absolute Gasteiger partial charge is 0.270 e. The second kappa shape index (κ2) is 6.01. The third kappa shape index (κ3) is 2.71. The molecule has 3 aromatic rings. The van der Waals surface area contributed by atoms with E-state index in [4.69, 9.17) is 0 Å². The van der Waals surface area contributed by atoms with Crippen LogP contribution in [0.4, 0.5) is 0 Å². The summed E-state index contributed by atoms with van der Waals surface area (Å²) in [5.41, 5.74) is 2.96. The maximum atomic E-state index is 12.9. The van der Waals surface area contributed by atoms with Crippen LogP contribution in [0.5, 0.6) is 0 Å². The van der Waals surface area contributed by atoms with Crippen LogP contribution in [0.2, 0.25) is 0 Å². The zero-order chi connectivity index (χ0) is 17.7. The van der Waals surface area contributed by atoms with E-state index in [1.807, 2.05) is 41.4 Å². The molecule has 2 aliphatic rings. The van der Waals surface area contributed by atoms with Gasteiger partial charge in [-0.2, -0.15) is 0 Å². The summed E-state index contributed by atoms with van der Waals surface area (Å²) in [6.45, 7) is 4.79. The quantitative estimate of drug-likeness (QED) is 0.781. The molecule has 1 aromatic carbocycles. The van der Waals surface area contributed by atoms with Crippen LogP contribution in [-0.2, 0) is 6.54 Å². The standard InChI is InChI=1S/C21H24N4O/c1-14-11-22-20(16-6-7-16)25(14)13-15-8-9-24(12-15)21(26)19-10-17-4-2-3-5-18(17)23-19/h2-5,10-11,15-16,23H,6-9,12-13H2,1H3. The number of H-pyrrole nitrogens is 1. The summed E-state index contributed by atoms with van der Waals surface area (Å²) in [5.74, 6) is 2.54. The first kappa shape index (κ1) is 15.7. The van der Waals surface area contributed by atoms with Crippen molar-refractivity contribution in [2.75, 3.05) is 13.1 Å². The van der Waals surface area contributed by atoms with Crippen molar-refractivity contribution < 1.29 is 4.79 Å². The topological polar surface area (TPSA) is 53.9 Å². The number of carbonyl (C=O) groups is 1. The first-order valence-corrected chi connectivity index (χ1v) is 9.58. The molecule has 5 heteroatoms. The second-order valence-corrected chi connectivity index (χ2v) is 7.82. The van der Waals surface area contributed by atoms with Gasteiger partial charge in [0.05, 0.1) is 0 Å². The minimum absolute atomic E-state index is 0.119. The zero-order valence-electron chi connectivity index (χ0n) is 15.1. The van der Waals surface area contributed by atoms with Gasteiger partial charge in [0.1, 0.15) is 11.5 Å². The van der Waals surface area contributed by atoms with E-state index in [1.54, 1.807) is 0 Å². The fourth-order valence-electron chi connectivity index (χ4n) is 4.17. The number of likely N-dealkylation sites (tertiary alicyclic amines) is 1. The molecule has 0 bridgehead atoms. The number of aromatic nitrogens is 3. The molecular weight excluding hydrogens is 324 g/mol. The fourth-order valence-corrected chi connectivity index (χ4v) is 4.17. The summed E-state index contributed by atoms with van der Waals surface area (Å²) >= 11 is 0. The van der Waals surface area contributed by atoms with Gasteiger partial charge in [-0.3, -0.25) is 4.79 Å². The highest BCUT2D eigenvalue weighted by molar-refractivity contribution is 5.98. The Balaban J connectivity index is 1.29. The van der Waals surface area contributed by atoms with Crippen LogP contribution in [0.25, 0.3) is 10.9 Å². The maximum Gasteiger partial charge on any atom is 0.270 e. The van der Waals surface area contributed by atoms with Crippen LogP contribution in [0.1, 0.15) is 47.2 Å². The van der Waals surface area contributed by atoms with Crippen LogP contribution < -0.4 is 0 Å². The Labute approximate surface area is 153 Å². The van der Waals surface area contributed by atoms with Gasteiger partial charge >= 0.3 is 0 Å². The van der Waals surface area contributed by atoms with Crippen molar-refractivity contribution in [3.05, 3.63) is 53.7 Å². The third-order valence-corrected chi connectivity index (χ3v) is 5.80. The minimum atomic E-state index is 0.119. The van der Waals surface area contributed by atoms with E-state index in [9.17, 15) is 4.79 Å². The molecule has 2 aromatic heterocycles. The van der Waals surface area contributed by atoms with Crippen LogP contribution in [0, 0.1) is 12.8 Å². The predicted molar refractivity (Wildman–Crippen MR) is 101 cm³/mol. The molecule has 1 atom stereocenters. The lowest BCUT2D eigenvalue weighted by atomic mass is 10.1. The van der Waals surface area contributed by atoms with Gasteiger partial charge in [-0.15, -0.1) is 0 Å². The molecule has 5 nitrogen and oxygen atoms in total. The van der Waals surface area contributed by atoms with Crippen LogP contribution in [0.3, 0.4) is 0 Å². The van der Waals surface area contributed by atoms with E-state index in [-0.39, 0.29) is 5.91 Å². The number of carbonyl (C=O) groups excluding carboxylic acids is 1. The average molecular weight is 348 g/mol. The van der Waals surface area contributed by atoms with E-state index in [0.717, 1.165) is 37.0 Å². The molecule has 134 valence electrons. The number of para-hydroxylation sites is 1. The highest BCUT2D eigenvalue weighted by Gasteiger charge is 2.32. The number of aryl methyl sites for hydroxylation is 1. The largest absolute Gasteiger partial charge is 0.351 e. The van der Waals surface area contributed by atoms with E-state index in [2.05, 4.69) is 21.5 Å². The summed E-state index contributed by atoms with van der Waals surface area (Å²) in [6, 6.07) is 10.0. The summed E-state index contributed by atoms with van der Waals surface area (Å²) in [4.78, 5) is 22.8. The number of hydrogen-bond acceptors (Lipinski definition) is 2. The molecule has 1 N–H and O–H groups in total. The van der Waals surface area contributed by atoms with Gasteiger partial charge < -0.3 is 14.5 Å². The van der Waals surface area contributed by atoms with Gasteiger partial charge in [-0.05, 0) is 44.2 Å². The van der Waals surface area contributed by atoms with Crippen molar-refractivity contribution in [2.45, 2.75) is 38.6 Å². The Morgan fingerprint density at radius 3 is 2.92 bits per heavy atom. The number of rotatable bonds is 4. The van der Waals surface area contributed by atoms with Crippen molar-refractivity contribution in [1.82, 2.24) is 19.4 Å². The molecule has 3 heterocycles. The molecule has 1 saturated carbocycles. The predicted octanol–water partition coefficient (Wildman–Crippen LogP) is 3.71. The number of benzene rings is 1. The second-order valence-electron chi connectivity index (χ2n) is 7.82. The lowest BCUT2D eigenvalue weighted by Crippen LogP contribution is -2.29. The van der Waals surface area contributed by atoms with E-state index in [1.165, 1.54) is 24.4 Å². The lowest BCUT2D eigenvalue weighted by molar-refractivity contribution is 0.0781. The Morgan fingerprint density at radius 1 is 1.27 bits per heavy atom. The molecule has 5 rings (SSSR count). The SMILES string of the molecule is Cc1cnc(C2CC2)n1CC1CCN(C(=O)c2cc3ccccc3[nH]2)C1. The molecule has 26 heavy (non-hydrogen) atoms. The van der Waals surface area contributed by atoms with Gasteiger partial charge in [-0.1, -0.05) is 18.2 Å². The normalized spacial score (nSPS) is 20.2. The molecule has 1 aliphatic heterocycles. The van der Waals surface area contributed by atoms with E-state index >= 15 is 0 Å². The number of aromatic amines is 1. The van der Waals surface area contributed by atoms with Crippen LogP contribution in [0.15, 0.2) is 36.5 Å². The maximum absolute atomic E-state index is 12.9. The minimum Gasteiger partial charge on any atom is -0.351 e. The van der Waals surface area contributed by atoms with Crippen LogP contribution >= 0.6 is 0 Å².